The van der Waals surface area contributed by atoms with Gasteiger partial charge in [0.25, 0.3) is 0 Å². The lowest BCUT2D eigenvalue weighted by Crippen LogP contribution is -2.60. The number of aliphatic carboxylic acids is 1. The first-order chi connectivity index (χ1) is 12.0. The molecule has 3 N–H and O–H groups in total. The molecule has 2 saturated heterocycles. The largest absolute Gasteiger partial charge is 0.480 e. The molecule has 26 heavy (non-hydrogen) atoms. The molecule has 0 spiro atoms. The Hall–Kier alpha value is -2.52. The zero-order valence-electron chi connectivity index (χ0n) is 15.1. The number of hydrogen-bond donors (Lipinski definition) is 3. The Morgan fingerprint density at radius 1 is 1.19 bits per heavy atom. The molecule has 2 fully saturated rings. The number of carboxylic acid groups (broad SMARTS) is 2. The maximum Gasteiger partial charge on any atom is 0.408 e. The second-order valence-corrected chi connectivity index (χ2v) is 7.53. The summed E-state index contributed by atoms with van der Waals surface area (Å²) in [6.07, 6.45) is -1.41. The number of nitrogens with zero attached hydrogens (tertiary/aromatic N) is 2. The van der Waals surface area contributed by atoms with E-state index < -0.39 is 47.8 Å². The van der Waals surface area contributed by atoms with Crippen LogP contribution in [0.5, 0.6) is 0 Å². The highest BCUT2D eigenvalue weighted by atomic mass is 16.6. The molecule has 2 rings (SSSR count). The molecular weight excluding hydrogens is 346 g/mol. The smallest absolute Gasteiger partial charge is 0.408 e. The number of carboxylic acids is 1. The molecule has 2 heterocycles. The predicted octanol–water partition coefficient (Wildman–Crippen LogP) is 0.708. The molecule has 0 saturated carbocycles. The highest BCUT2D eigenvalue weighted by Crippen LogP contribution is 2.29. The molecule has 10 heteroatoms. The lowest BCUT2D eigenvalue weighted by Gasteiger charge is -2.39. The van der Waals surface area contributed by atoms with Crippen LogP contribution < -0.4 is 5.32 Å². The van der Waals surface area contributed by atoms with Crippen LogP contribution in [-0.4, -0.2) is 80.9 Å². The average molecular weight is 371 g/mol. The van der Waals surface area contributed by atoms with Gasteiger partial charge in [0.2, 0.25) is 5.91 Å². The number of ether oxygens (including phenoxy) is 1. The quantitative estimate of drug-likeness (QED) is 0.650. The van der Waals surface area contributed by atoms with Crippen molar-refractivity contribution in [3.63, 3.8) is 0 Å². The third-order valence-electron chi connectivity index (χ3n) is 4.45. The van der Waals surface area contributed by atoms with Gasteiger partial charge < -0.3 is 30.1 Å². The van der Waals surface area contributed by atoms with Gasteiger partial charge in [0.1, 0.15) is 11.6 Å². The average Bonchev–Trinajstić information content (AvgIpc) is 2.91. The number of alkyl carbamates (subject to hydrolysis) is 1. The van der Waals surface area contributed by atoms with Gasteiger partial charge in [-0.05, 0) is 33.6 Å². The van der Waals surface area contributed by atoms with Gasteiger partial charge in [-0.3, -0.25) is 4.79 Å². The second-order valence-electron chi connectivity index (χ2n) is 7.53. The molecule has 0 aromatic rings. The summed E-state index contributed by atoms with van der Waals surface area (Å²) in [6.45, 7) is 4.98. The summed E-state index contributed by atoms with van der Waals surface area (Å²) in [5.41, 5.74) is -0.743. The Morgan fingerprint density at radius 3 is 2.38 bits per heavy atom. The minimum absolute atomic E-state index is 0.0463. The van der Waals surface area contributed by atoms with Crippen LogP contribution in [0.1, 0.15) is 40.0 Å². The van der Waals surface area contributed by atoms with E-state index in [4.69, 9.17) is 4.74 Å². The van der Waals surface area contributed by atoms with Gasteiger partial charge in [-0.25, -0.2) is 14.4 Å². The van der Waals surface area contributed by atoms with Gasteiger partial charge in [-0.1, -0.05) is 0 Å². The highest BCUT2D eigenvalue weighted by molar-refractivity contribution is 5.85. The monoisotopic (exact) mass is 371 g/mol. The number of hydrogen-bond acceptors (Lipinski definition) is 5. The maximum absolute atomic E-state index is 12.5. The maximum atomic E-state index is 12.5. The molecule has 0 aliphatic carbocycles. The van der Waals surface area contributed by atoms with Crippen molar-refractivity contribution in [2.45, 2.75) is 63.8 Å². The van der Waals surface area contributed by atoms with Crippen molar-refractivity contribution in [1.82, 2.24) is 15.1 Å². The number of carbonyl (C=O) groups is 4. The van der Waals surface area contributed by atoms with Crippen molar-refractivity contribution in [3.05, 3.63) is 0 Å². The van der Waals surface area contributed by atoms with Crippen LogP contribution in [0.4, 0.5) is 9.59 Å². The zero-order chi connectivity index (χ0) is 19.6. The number of amides is 3. The molecular formula is C16H25N3O7. The summed E-state index contributed by atoms with van der Waals surface area (Å²) in [6, 6.07) is -2.32. The molecule has 2 aliphatic heterocycles. The molecule has 146 valence electrons. The van der Waals surface area contributed by atoms with Crippen LogP contribution in [0.25, 0.3) is 0 Å². The fraction of sp³-hybridized carbons (Fsp3) is 0.750. The number of rotatable bonds is 2. The first-order valence-electron chi connectivity index (χ1n) is 8.51. The Balaban J connectivity index is 2.27. The Kier molecular flexibility index (Phi) is 5.62. The Labute approximate surface area is 151 Å². The van der Waals surface area contributed by atoms with Gasteiger partial charge in [0.05, 0.1) is 12.1 Å². The lowest BCUT2D eigenvalue weighted by atomic mass is 10.0. The minimum Gasteiger partial charge on any atom is -0.480 e. The third-order valence-corrected chi connectivity index (χ3v) is 4.45. The summed E-state index contributed by atoms with van der Waals surface area (Å²) in [7, 11) is 0. The summed E-state index contributed by atoms with van der Waals surface area (Å²) >= 11 is 0. The molecule has 0 radical (unpaired) electrons. The van der Waals surface area contributed by atoms with Crippen LogP contribution in [-0.2, 0) is 14.3 Å². The fourth-order valence-corrected chi connectivity index (χ4v) is 3.42. The van der Waals surface area contributed by atoms with E-state index in [1.807, 2.05) is 0 Å². The van der Waals surface area contributed by atoms with Crippen LogP contribution in [0.15, 0.2) is 0 Å². The second kappa shape index (κ2) is 7.38. The molecule has 2 aliphatic rings. The van der Waals surface area contributed by atoms with Crippen LogP contribution in [0.3, 0.4) is 0 Å². The topological polar surface area (TPSA) is 136 Å². The number of carbonyl (C=O) groups excluding carboxylic acids is 2. The minimum atomic E-state index is -1.20. The van der Waals surface area contributed by atoms with E-state index in [1.54, 1.807) is 20.8 Å². The first-order valence-corrected chi connectivity index (χ1v) is 8.51. The predicted molar refractivity (Wildman–Crippen MR) is 88.7 cm³/mol. The van der Waals surface area contributed by atoms with Crippen molar-refractivity contribution in [2.75, 3.05) is 13.1 Å². The van der Waals surface area contributed by atoms with E-state index in [0.29, 0.717) is 6.42 Å². The molecule has 3 unspecified atom stereocenters. The molecule has 0 bridgehead atoms. The lowest BCUT2D eigenvalue weighted by molar-refractivity contribution is -0.150. The van der Waals surface area contributed by atoms with Crippen molar-refractivity contribution in [3.8, 4) is 0 Å². The van der Waals surface area contributed by atoms with Crippen LogP contribution >= 0.6 is 0 Å². The van der Waals surface area contributed by atoms with Gasteiger partial charge in [-0.2, -0.15) is 0 Å². The van der Waals surface area contributed by atoms with E-state index in [0.717, 1.165) is 4.90 Å². The molecule has 3 atom stereocenters. The van der Waals surface area contributed by atoms with E-state index in [-0.39, 0.29) is 25.9 Å². The van der Waals surface area contributed by atoms with Gasteiger partial charge in [-0.15, -0.1) is 0 Å². The summed E-state index contributed by atoms with van der Waals surface area (Å²) in [5.74, 6) is -1.53. The zero-order valence-corrected chi connectivity index (χ0v) is 15.1. The summed E-state index contributed by atoms with van der Waals surface area (Å²) in [5, 5.41) is 21.3. The highest BCUT2D eigenvalue weighted by Gasteiger charge is 2.46. The fourth-order valence-electron chi connectivity index (χ4n) is 3.42. The Bertz CT molecular complexity index is 601. The number of nitrogens with one attached hydrogen (secondary N) is 1. The summed E-state index contributed by atoms with van der Waals surface area (Å²) < 4.78 is 5.22. The normalized spacial score (nSPS) is 26.6. The van der Waals surface area contributed by atoms with Gasteiger partial charge >= 0.3 is 18.2 Å². The van der Waals surface area contributed by atoms with Gasteiger partial charge in [0, 0.05) is 19.5 Å². The van der Waals surface area contributed by atoms with Crippen molar-refractivity contribution < 1.29 is 34.1 Å². The van der Waals surface area contributed by atoms with E-state index >= 15 is 0 Å². The van der Waals surface area contributed by atoms with E-state index in [2.05, 4.69) is 5.32 Å². The van der Waals surface area contributed by atoms with Crippen molar-refractivity contribution in [1.29, 1.82) is 0 Å². The Morgan fingerprint density at radius 2 is 1.85 bits per heavy atom. The standard InChI is InChI=1S/C16H25N3O7/c1-16(2,3)26-14(23)17-9-8-18(15(24)25)7-6-12(20)19-10(9)4-5-11(19)13(21)22/h9-11H,4-8H2,1-3H3,(H,17,23)(H,21,22)(H,24,25). The van der Waals surface area contributed by atoms with Gasteiger partial charge in [0.15, 0.2) is 0 Å². The molecule has 0 aromatic carbocycles. The SMILES string of the molecule is CC(C)(C)OC(=O)NC1CN(C(=O)O)CCC(=O)N2C(C(=O)O)CCC12. The third kappa shape index (κ3) is 4.55. The molecule has 10 nitrogen and oxygen atoms in total. The first kappa shape index (κ1) is 19.8. The van der Waals surface area contributed by atoms with Crippen LogP contribution in [0, 0.1) is 0 Å². The molecule has 0 aromatic heterocycles. The van der Waals surface area contributed by atoms with Crippen LogP contribution in [0.2, 0.25) is 0 Å². The number of fused-ring (bicyclic) bond motifs is 1. The van der Waals surface area contributed by atoms with Crippen molar-refractivity contribution in [2.24, 2.45) is 0 Å². The van der Waals surface area contributed by atoms with E-state index in [9.17, 15) is 29.4 Å². The van der Waals surface area contributed by atoms with Crippen molar-refractivity contribution >= 4 is 24.1 Å². The summed E-state index contributed by atoms with van der Waals surface area (Å²) in [4.78, 5) is 49.9. The molecule has 3 amide bonds. The van der Waals surface area contributed by atoms with E-state index in [1.165, 1.54) is 4.90 Å².